The van der Waals surface area contributed by atoms with Crippen LogP contribution in [0.2, 0.25) is 0 Å². The number of carbonyl (C=O) groups is 2. The SMILES string of the molecule is C#CCOCCOCCOCCn1nccc1C(=O)Nc1cc([C@H]2CC[C@@H](OC(=O)N3CCCC3)C2)nn1C(C)(C)C. The third-order valence-electron chi connectivity index (χ3n) is 7.37. The number of nitrogens with one attached hydrogen (secondary N) is 1. The lowest BCUT2D eigenvalue weighted by atomic mass is 10.0. The monoisotopic (exact) mass is 584 g/mol. The molecule has 4 rings (SSSR count). The van der Waals surface area contributed by atoms with Crippen LogP contribution >= 0.6 is 0 Å². The minimum atomic E-state index is -0.356. The summed E-state index contributed by atoms with van der Waals surface area (Å²) < 4.78 is 25.5. The number of ether oxygens (including phenoxy) is 4. The summed E-state index contributed by atoms with van der Waals surface area (Å²) in [5.41, 5.74) is 0.968. The van der Waals surface area contributed by atoms with Gasteiger partial charge in [0.25, 0.3) is 5.91 Å². The van der Waals surface area contributed by atoms with E-state index in [4.69, 9.17) is 30.5 Å². The molecule has 2 aromatic heterocycles. The largest absolute Gasteiger partial charge is 0.446 e. The van der Waals surface area contributed by atoms with Gasteiger partial charge in [-0.1, -0.05) is 5.92 Å². The van der Waals surface area contributed by atoms with Gasteiger partial charge in [0.2, 0.25) is 0 Å². The van der Waals surface area contributed by atoms with Crippen molar-refractivity contribution >= 4 is 17.8 Å². The van der Waals surface area contributed by atoms with Crippen LogP contribution in [0.1, 0.15) is 75.0 Å². The van der Waals surface area contributed by atoms with Crippen molar-refractivity contribution in [2.45, 2.75) is 77.0 Å². The van der Waals surface area contributed by atoms with Crippen LogP contribution in [-0.4, -0.2) is 95.3 Å². The Morgan fingerprint density at radius 3 is 2.50 bits per heavy atom. The molecular weight excluding hydrogens is 540 g/mol. The molecule has 3 heterocycles. The van der Waals surface area contributed by atoms with Crippen LogP contribution in [0.5, 0.6) is 0 Å². The van der Waals surface area contributed by atoms with Crippen molar-refractivity contribution in [1.29, 1.82) is 0 Å². The maximum atomic E-state index is 13.3. The molecule has 1 N–H and O–H groups in total. The zero-order valence-electron chi connectivity index (χ0n) is 25.0. The number of hydrogen-bond donors (Lipinski definition) is 1. The predicted octanol–water partition coefficient (Wildman–Crippen LogP) is 3.64. The van der Waals surface area contributed by atoms with E-state index in [1.807, 2.05) is 31.5 Å². The van der Waals surface area contributed by atoms with Crippen molar-refractivity contribution in [3.05, 3.63) is 29.7 Å². The van der Waals surface area contributed by atoms with Crippen molar-refractivity contribution < 1.29 is 28.5 Å². The lowest BCUT2D eigenvalue weighted by Crippen LogP contribution is -2.31. The number of terminal acetylenes is 1. The van der Waals surface area contributed by atoms with Gasteiger partial charge in [0, 0.05) is 31.3 Å². The van der Waals surface area contributed by atoms with Crippen LogP contribution in [0.4, 0.5) is 10.6 Å². The summed E-state index contributed by atoms with van der Waals surface area (Å²) in [6, 6.07) is 3.63. The Morgan fingerprint density at radius 1 is 1.07 bits per heavy atom. The second-order valence-electron chi connectivity index (χ2n) is 11.6. The molecule has 1 saturated heterocycles. The normalized spacial score (nSPS) is 18.8. The van der Waals surface area contributed by atoms with Crippen LogP contribution in [0.3, 0.4) is 0 Å². The second-order valence-corrected chi connectivity index (χ2v) is 11.6. The van der Waals surface area contributed by atoms with Gasteiger partial charge in [-0.2, -0.15) is 10.2 Å². The molecule has 0 aromatic carbocycles. The third-order valence-corrected chi connectivity index (χ3v) is 7.37. The molecule has 0 radical (unpaired) electrons. The smallest absolute Gasteiger partial charge is 0.410 e. The first kappa shape index (κ1) is 31.5. The molecule has 2 aliphatic rings. The van der Waals surface area contributed by atoms with Gasteiger partial charge in [0.15, 0.2) is 0 Å². The molecule has 0 spiro atoms. The quantitative estimate of drug-likeness (QED) is 0.264. The van der Waals surface area contributed by atoms with Crippen molar-refractivity contribution in [3.63, 3.8) is 0 Å². The highest BCUT2D eigenvalue weighted by Gasteiger charge is 2.33. The summed E-state index contributed by atoms with van der Waals surface area (Å²) in [4.78, 5) is 27.6. The molecule has 2 atom stereocenters. The lowest BCUT2D eigenvalue weighted by Gasteiger charge is -2.22. The van der Waals surface area contributed by atoms with E-state index in [1.54, 1.807) is 21.8 Å². The molecule has 1 aliphatic carbocycles. The number of hydrogen-bond acceptors (Lipinski definition) is 8. The van der Waals surface area contributed by atoms with E-state index >= 15 is 0 Å². The van der Waals surface area contributed by atoms with Crippen LogP contribution < -0.4 is 5.32 Å². The topological polar surface area (TPSA) is 122 Å². The Labute approximate surface area is 248 Å². The van der Waals surface area contributed by atoms with E-state index in [0.717, 1.165) is 50.9 Å². The average Bonchev–Trinajstić information content (AvgIpc) is 3.76. The highest BCUT2D eigenvalue weighted by Crippen LogP contribution is 2.37. The zero-order chi connectivity index (χ0) is 30.0. The molecule has 12 nitrogen and oxygen atoms in total. The van der Waals surface area contributed by atoms with E-state index in [-0.39, 0.29) is 36.2 Å². The molecule has 42 heavy (non-hydrogen) atoms. The minimum Gasteiger partial charge on any atom is -0.446 e. The maximum Gasteiger partial charge on any atom is 0.410 e. The lowest BCUT2D eigenvalue weighted by molar-refractivity contribution is 0.0181. The molecule has 1 aliphatic heterocycles. The first-order valence-corrected chi connectivity index (χ1v) is 14.8. The third kappa shape index (κ3) is 8.80. The summed E-state index contributed by atoms with van der Waals surface area (Å²) in [5, 5.41) is 12.2. The van der Waals surface area contributed by atoms with Crippen molar-refractivity contribution in [2.75, 3.05) is 58.0 Å². The van der Waals surface area contributed by atoms with Crippen LogP contribution in [-0.2, 0) is 31.0 Å². The second kappa shape index (κ2) is 15.2. The molecule has 0 bridgehead atoms. The molecule has 12 heteroatoms. The first-order valence-electron chi connectivity index (χ1n) is 14.8. The van der Waals surface area contributed by atoms with E-state index in [2.05, 4.69) is 16.3 Å². The highest BCUT2D eigenvalue weighted by molar-refractivity contribution is 6.02. The van der Waals surface area contributed by atoms with Crippen LogP contribution in [0.25, 0.3) is 0 Å². The summed E-state index contributed by atoms with van der Waals surface area (Å²) in [6.45, 7) is 10.5. The van der Waals surface area contributed by atoms with Gasteiger partial charge in [0.1, 0.15) is 24.2 Å². The van der Waals surface area contributed by atoms with Crippen molar-refractivity contribution in [3.8, 4) is 12.3 Å². The Kier molecular flexibility index (Phi) is 11.4. The Morgan fingerprint density at radius 2 is 1.79 bits per heavy atom. The van der Waals surface area contributed by atoms with Gasteiger partial charge in [-0.15, -0.1) is 6.42 Å². The van der Waals surface area contributed by atoms with Gasteiger partial charge in [-0.05, 0) is 58.9 Å². The van der Waals surface area contributed by atoms with Gasteiger partial charge >= 0.3 is 6.09 Å². The molecule has 2 fully saturated rings. The summed E-state index contributed by atoms with van der Waals surface area (Å²) in [7, 11) is 0. The molecule has 2 aromatic rings. The fourth-order valence-corrected chi connectivity index (χ4v) is 5.24. The maximum absolute atomic E-state index is 13.3. The number of anilines is 1. The number of likely N-dealkylation sites (tertiary alicyclic amines) is 1. The standard InChI is InChI=1S/C30H44N6O6/c1-5-15-39-17-19-41-20-18-40-16-14-35-26(10-11-31-35)28(37)32-27-22-25(33-36(27)30(2,3)4)23-8-9-24(21-23)42-29(38)34-12-6-7-13-34/h1,10-11,22-24H,6-9,12-21H2,2-4H3,(H,32,37)/t23-,24+/m0/s1. The van der Waals surface area contributed by atoms with Gasteiger partial charge < -0.3 is 29.2 Å². The summed E-state index contributed by atoms with van der Waals surface area (Å²) >= 11 is 0. The number of rotatable bonds is 14. The predicted molar refractivity (Wildman–Crippen MR) is 156 cm³/mol. The Balaban J connectivity index is 1.29. The summed E-state index contributed by atoms with van der Waals surface area (Å²) in [5.74, 6) is 2.90. The van der Waals surface area contributed by atoms with Gasteiger partial charge in [0.05, 0.1) is 50.8 Å². The molecule has 230 valence electrons. The molecule has 0 unspecified atom stereocenters. The van der Waals surface area contributed by atoms with E-state index in [9.17, 15) is 9.59 Å². The number of carbonyl (C=O) groups excluding carboxylic acids is 2. The van der Waals surface area contributed by atoms with Crippen LogP contribution in [0.15, 0.2) is 18.3 Å². The van der Waals surface area contributed by atoms with Crippen molar-refractivity contribution in [1.82, 2.24) is 24.5 Å². The number of amides is 2. The average molecular weight is 585 g/mol. The highest BCUT2D eigenvalue weighted by atomic mass is 16.6. The number of nitrogens with zero attached hydrogens (tertiary/aromatic N) is 5. The fourth-order valence-electron chi connectivity index (χ4n) is 5.24. The summed E-state index contributed by atoms with van der Waals surface area (Å²) in [6.07, 6.45) is 10.9. The van der Waals surface area contributed by atoms with E-state index in [0.29, 0.717) is 51.1 Å². The van der Waals surface area contributed by atoms with Crippen LogP contribution in [0, 0.1) is 12.3 Å². The Hall–Kier alpha value is -3.40. The Bertz CT molecular complexity index is 1210. The van der Waals surface area contributed by atoms with E-state index in [1.165, 1.54) is 0 Å². The molecular formula is C30H44N6O6. The van der Waals surface area contributed by atoms with Crippen molar-refractivity contribution in [2.24, 2.45) is 0 Å². The molecule has 2 amide bonds. The first-order chi connectivity index (χ1) is 20.3. The minimum absolute atomic E-state index is 0.114. The van der Waals surface area contributed by atoms with E-state index < -0.39 is 0 Å². The molecule has 1 saturated carbocycles. The van der Waals surface area contributed by atoms with Gasteiger partial charge in [-0.3, -0.25) is 9.48 Å². The van der Waals surface area contributed by atoms with Gasteiger partial charge in [-0.25, -0.2) is 9.48 Å². The zero-order valence-corrected chi connectivity index (χ0v) is 25.0. The fraction of sp³-hybridized carbons (Fsp3) is 0.667. The number of aromatic nitrogens is 4.